The van der Waals surface area contributed by atoms with Gasteiger partial charge in [-0.25, -0.2) is 0 Å². The molecule has 0 bridgehead atoms. The van der Waals surface area contributed by atoms with Crippen molar-refractivity contribution in [2.75, 3.05) is 12.4 Å². The van der Waals surface area contributed by atoms with E-state index in [0.29, 0.717) is 17.0 Å². The van der Waals surface area contributed by atoms with Crippen molar-refractivity contribution in [3.8, 4) is 5.75 Å². The normalized spacial score (nSPS) is 13.9. The molecule has 128 valence electrons. The molecule has 0 radical (unpaired) electrons. The van der Waals surface area contributed by atoms with Gasteiger partial charge in [-0.1, -0.05) is 12.1 Å². The summed E-state index contributed by atoms with van der Waals surface area (Å²) in [4.78, 5) is 36.8. The molecular weight excluding hydrogens is 320 g/mol. The van der Waals surface area contributed by atoms with E-state index in [1.54, 1.807) is 55.6 Å². The molecule has 1 aliphatic heterocycles. The molecule has 25 heavy (non-hydrogen) atoms. The van der Waals surface area contributed by atoms with Crippen LogP contribution in [0.1, 0.15) is 28.8 Å². The highest BCUT2D eigenvalue weighted by atomic mass is 16.5. The predicted molar refractivity (Wildman–Crippen MR) is 92.2 cm³/mol. The highest BCUT2D eigenvalue weighted by molar-refractivity contribution is 6.04. The van der Waals surface area contributed by atoms with E-state index in [1.807, 2.05) is 0 Å². The summed E-state index contributed by atoms with van der Waals surface area (Å²) in [5, 5.41) is 2.80. The monoisotopic (exact) mass is 338 g/mol. The van der Waals surface area contributed by atoms with Crippen LogP contribution in [0.3, 0.4) is 0 Å². The summed E-state index contributed by atoms with van der Waals surface area (Å²) in [6.45, 7) is 0.248. The van der Waals surface area contributed by atoms with Crippen LogP contribution in [0.25, 0.3) is 0 Å². The van der Waals surface area contributed by atoms with Crippen molar-refractivity contribution >= 4 is 23.4 Å². The van der Waals surface area contributed by atoms with Crippen LogP contribution in [0.15, 0.2) is 48.5 Å². The first kappa shape index (κ1) is 16.7. The van der Waals surface area contributed by atoms with Crippen molar-refractivity contribution in [3.05, 3.63) is 59.7 Å². The Morgan fingerprint density at radius 2 is 1.60 bits per heavy atom. The Labute approximate surface area is 145 Å². The van der Waals surface area contributed by atoms with Crippen molar-refractivity contribution in [2.24, 2.45) is 0 Å². The largest absolute Gasteiger partial charge is 0.497 e. The zero-order valence-corrected chi connectivity index (χ0v) is 13.8. The summed E-state index contributed by atoms with van der Waals surface area (Å²) in [6, 6.07) is 13.9. The van der Waals surface area contributed by atoms with Gasteiger partial charge in [0.1, 0.15) is 5.75 Å². The third-order valence-corrected chi connectivity index (χ3v) is 4.06. The van der Waals surface area contributed by atoms with E-state index in [1.165, 1.54) is 4.90 Å². The van der Waals surface area contributed by atoms with E-state index < -0.39 is 0 Å². The van der Waals surface area contributed by atoms with Crippen LogP contribution in [0, 0.1) is 0 Å². The Balaban J connectivity index is 1.63. The lowest BCUT2D eigenvalue weighted by molar-refractivity contribution is -0.139. The smallest absolute Gasteiger partial charge is 0.255 e. The van der Waals surface area contributed by atoms with Crippen LogP contribution < -0.4 is 10.1 Å². The van der Waals surface area contributed by atoms with Crippen molar-refractivity contribution in [3.63, 3.8) is 0 Å². The Kier molecular flexibility index (Phi) is 4.79. The lowest BCUT2D eigenvalue weighted by Gasteiger charge is -2.14. The number of ether oxygens (including phenoxy) is 1. The Morgan fingerprint density at radius 3 is 2.16 bits per heavy atom. The molecule has 2 aromatic carbocycles. The molecule has 0 aliphatic carbocycles. The SMILES string of the molecule is COc1ccc(NC(=O)c2ccc(CN3C(=O)CCC3=O)cc2)cc1. The van der Waals surface area contributed by atoms with Gasteiger partial charge in [-0.2, -0.15) is 0 Å². The van der Waals surface area contributed by atoms with Crippen LogP contribution in [-0.2, 0) is 16.1 Å². The van der Waals surface area contributed by atoms with Gasteiger partial charge < -0.3 is 10.1 Å². The third-order valence-electron chi connectivity index (χ3n) is 4.06. The number of likely N-dealkylation sites (tertiary alicyclic amines) is 1. The quantitative estimate of drug-likeness (QED) is 0.850. The van der Waals surface area contributed by atoms with Crippen molar-refractivity contribution < 1.29 is 19.1 Å². The van der Waals surface area contributed by atoms with Gasteiger partial charge in [0.25, 0.3) is 5.91 Å². The molecule has 1 saturated heterocycles. The molecule has 1 aliphatic rings. The summed E-state index contributed by atoms with van der Waals surface area (Å²) < 4.78 is 5.08. The van der Waals surface area contributed by atoms with E-state index in [4.69, 9.17) is 4.74 Å². The number of nitrogens with one attached hydrogen (secondary N) is 1. The first-order valence-electron chi connectivity index (χ1n) is 7.94. The van der Waals surface area contributed by atoms with Gasteiger partial charge in [0, 0.05) is 24.1 Å². The molecule has 0 unspecified atom stereocenters. The number of nitrogens with zero attached hydrogens (tertiary/aromatic N) is 1. The Hall–Kier alpha value is -3.15. The molecule has 1 fully saturated rings. The second-order valence-corrected chi connectivity index (χ2v) is 5.75. The molecule has 3 rings (SSSR count). The zero-order chi connectivity index (χ0) is 17.8. The van der Waals surface area contributed by atoms with Crippen molar-refractivity contribution in [2.45, 2.75) is 19.4 Å². The van der Waals surface area contributed by atoms with Crippen LogP contribution in [0.5, 0.6) is 5.75 Å². The molecule has 3 amide bonds. The lowest BCUT2D eigenvalue weighted by Crippen LogP contribution is -2.28. The number of hydrogen-bond donors (Lipinski definition) is 1. The fourth-order valence-corrected chi connectivity index (χ4v) is 2.62. The molecule has 0 saturated carbocycles. The number of imide groups is 1. The third kappa shape index (κ3) is 3.85. The summed E-state index contributed by atoms with van der Waals surface area (Å²) in [6.07, 6.45) is 0.558. The number of methoxy groups -OCH3 is 1. The summed E-state index contributed by atoms with van der Waals surface area (Å²) in [5.74, 6) is 0.191. The van der Waals surface area contributed by atoms with E-state index >= 15 is 0 Å². The average Bonchev–Trinajstić information content (AvgIpc) is 2.95. The van der Waals surface area contributed by atoms with E-state index in [0.717, 1.165) is 5.56 Å². The van der Waals surface area contributed by atoms with E-state index in [9.17, 15) is 14.4 Å². The molecule has 6 heteroatoms. The van der Waals surface area contributed by atoms with E-state index in [-0.39, 0.29) is 37.1 Å². The molecule has 1 N–H and O–H groups in total. The maximum Gasteiger partial charge on any atom is 0.255 e. The Bertz CT molecular complexity index is 781. The minimum Gasteiger partial charge on any atom is -0.497 e. The van der Waals surface area contributed by atoms with Crippen molar-refractivity contribution in [1.29, 1.82) is 0 Å². The molecular formula is C19H18N2O4. The van der Waals surface area contributed by atoms with Gasteiger partial charge in [-0.05, 0) is 42.0 Å². The van der Waals surface area contributed by atoms with Gasteiger partial charge in [0.2, 0.25) is 11.8 Å². The first-order valence-corrected chi connectivity index (χ1v) is 7.94. The fraction of sp³-hybridized carbons (Fsp3) is 0.211. The van der Waals surface area contributed by atoms with Crippen molar-refractivity contribution in [1.82, 2.24) is 4.90 Å². The summed E-state index contributed by atoms with van der Waals surface area (Å²) in [5.41, 5.74) is 1.98. The molecule has 2 aromatic rings. The number of hydrogen-bond acceptors (Lipinski definition) is 4. The standard InChI is InChI=1S/C19H18N2O4/c1-25-16-8-6-15(7-9-16)20-19(24)14-4-2-13(3-5-14)12-21-17(22)10-11-18(21)23/h2-9H,10-12H2,1H3,(H,20,24). The molecule has 0 spiro atoms. The maximum atomic E-state index is 12.3. The lowest BCUT2D eigenvalue weighted by atomic mass is 10.1. The van der Waals surface area contributed by atoms with Crippen LogP contribution in [0.2, 0.25) is 0 Å². The average molecular weight is 338 g/mol. The molecule has 1 heterocycles. The number of anilines is 1. The first-order chi connectivity index (χ1) is 12.1. The molecule has 6 nitrogen and oxygen atoms in total. The van der Waals surface area contributed by atoms with Gasteiger partial charge in [-0.3, -0.25) is 19.3 Å². The highest BCUT2D eigenvalue weighted by Gasteiger charge is 2.28. The zero-order valence-electron chi connectivity index (χ0n) is 13.8. The van der Waals surface area contributed by atoms with Gasteiger partial charge in [-0.15, -0.1) is 0 Å². The second kappa shape index (κ2) is 7.17. The van der Waals surface area contributed by atoms with Gasteiger partial charge in [0.05, 0.1) is 13.7 Å². The van der Waals surface area contributed by atoms with Crippen LogP contribution in [-0.4, -0.2) is 29.7 Å². The molecule has 0 aromatic heterocycles. The number of amides is 3. The number of benzene rings is 2. The van der Waals surface area contributed by atoms with Crippen LogP contribution >= 0.6 is 0 Å². The molecule has 0 atom stereocenters. The number of carbonyl (C=O) groups excluding carboxylic acids is 3. The topological polar surface area (TPSA) is 75.7 Å². The van der Waals surface area contributed by atoms with E-state index in [2.05, 4.69) is 5.32 Å². The summed E-state index contributed by atoms with van der Waals surface area (Å²) >= 11 is 0. The predicted octanol–water partition coefficient (Wildman–Crippen LogP) is 2.60. The number of rotatable bonds is 5. The Morgan fingerprint density at radius 1 is 1.00 bits per heavy atom. The second-order valence-electron chi connectivity index (χ2n) is 5.75. The maximum absolute atomic E-state index is 12.3. The minimum atomic E-state index is -0.231. The van der Waals surface area contributed by atoms with Gasteiger partial charge >= 0.3 is 0 Å². The summed E-state index contributed by atoms with van der Waals surface area (Å²) in [7, 11) is 1.58. The minimum absolute atomic E-state index is 0.147. The fourth-order valence-electron chi connectivity index (χ4n) is 2.62. The van der Waals surface area contributed by atoms with Crippen LogP contribution in [0.4, 0.5) is 5.69 Å². The number of carbonyl (C=O) groups is 3. The van der Waals surface area contributed by atoms with Gasteiger partial charge in [0.15, 0.2) is 0 Å². The highest BCUT2D eigenvalue weighted by Crippen LogP contribution is 2.18.